The van der Waals surface area contributed by atoms with Crippen LogP contribution in [0.25, 0.3) is 16.9 Å². The highest BCUT2D eigenvalue weighted by Crippen LogP contribution is 2.24. The molecule has 2 heterocycles. The van der Waals surface area contributed by atoms with Gasteiger partial charge in [0.2, 0.25) is 0 Å². The van der Waals surface area contributed by atoms with Crippen molar-refractivity contribution < 1.29 is 27.9 Å². The molecule has 0 saturated heterocycles. The number of urea groups is 1. The lowest BCUT2D eigenvalue weighted by Crippen LogP contribution is -2.40. The third-order valence-electron chi connectivity index (χ3n) is 5.89. The first-order valence-corrected chi connectivity index (χ1v) is 14.1. The molecule has 0 aliphatic rings. The maximum atomic E-state index is 12.4. The molecule has 0 radical (unpaired) electrons. The summed E-state index contributed by atoms with van der Waals surface area (Å²) in [6.45, 7) is 8.78. The van der Waals surface area contributed by atoms with Crippen molar-refractivity contribution in [3.8, 4) is 5.69 Å². The Morgan fingerprint density at radius 3 is 2.33 bits per heavy atom. The molecule has 0 saturated carbocycles. The third-order valence-corrected chi connectivity index (χ3v) is 7.24. The first-order chi connectivity index (χ1) is 19.1. The highest BCUT2D eigenvalue weighted by atomic mass is 32.2. The molecule has 0 bridgehead atoms. The summed E-state index contributed by atoms with van der Waals surface area (Å²) < 4.78 is 34.5. The Kier molecular flexibility index (Phi) is 10.3. The fourth-order valence-corrected chi connectivity index (χ4v) is 4.96. The average Bonchev–Trinajstić information content (AvgIpc) is 3.27. The molecule has 0 aliphatic carbocycles. The number of sulfonamides is 1. The van der Waals surface area contributed by atoms with Gasteiger partial charge in [-0.1, -0.05) is 29.8 Å². The smallest absolute Gasteiger partial charge is 0.328 e. The topological polar surface area (TPSA) is 153 Å². The Labute approximate surface area is 233 Å². The molecule has 3 N–H and O–H groups in total. The van der Waals surface area contributed by atoms with Crippen LogP contribution >= 0.6 is 0 Å². The number of nitrogens with one attached hydrogen (secondary N) is 2. The van der Waals surface area contributed by atoms with Crippen LogP contribution < -0.4 is 10.0 Å². The fourth-order valence-electron chi connectivity index (χ4n) is 4.03. The van der Waals surface area contributed by atoms with E-state index in [0.29, 0.717) is 19.6 Å². The number of pyridine rings is 1. The Balaban J connectivity index is 0.00000141. The monoisotopic (exact) mass is 567 g/mol. The van der Waals surface area contributed by atoms with Crippen LogP contribution in [-0.4, -0.2) is 53.7 Å². The summed E-state index contributed by atoms with van der Waals surface area (Å²) in [6.07, 6.45) is 0.533. The lowest BCUT2D eigenvalue weighted by molar-refractivity contribution is -0.122. The van der Waals surface area contributed by atoms with E-state index in [9.17, 15) is 13.2 Å². The largest absolute Gasteiger partial charge is 0.483 e. The number of imidazole rings is 1. The predicted molar refractivity (Wildman–Crippen MR) is 151 cm³/mol. The van der Waals surface area contributed by atoms with E-state index < -0.39 is 16.1 Å². The number of rotatable bonds is 9. The minimum atomic E-state index is -3.92. The SMILES string of the molecule is CCOCc1nc2c(C)cc(C)nc2n1-c1ccc(CCNC(=O)NS(=O)(=O)c2ccc(C)cc2)cc1.O=CO. The van der Waals surface area contributed by atoms with Gasteiger partial charge in [-0.15, -0.1) is 0 Å². The first kappa shape index (κ1) is 30.3. The molecule has 2 aromatic carbocycles. The van der Waals surface area contributed by atoms with Gasteiger partial charge >= 0.3 is 6.03 Å². The normalized spacial score (nSPS) is 11.0. The van der Waals surface area contributed by atoms with Crippen LogP contribution in [0.15, 0.2) is 59.5 Å². The van der Waals surface area contributed by atoms with Gasteiger partial charge < -0.3 is 15.2 Å². The lowest BCUT2D eigenvalue weighted by atomic mass is 10.1. The van der Waals surface area contributed by atoms with E-state index in [2.05, 4.69) is 5.32 Å². The fraction of sp³-hybridized carbons (Fsp3) is 0.286. The van der Waals surface area contributed by atoms with Crippen molar-refractivity contribution in [3.63, 3.8) is 0 Å². The molecular weight excluding hydrogens is 534 g/mol. The number of aryl methyl sites for hydroxylation is 3. The molecule has 4 aromatic rings. The summed E-state index contributed by atoms with van der Waals surface area (Å²) in [5.74, 6) is 0.777. The van der Waals surface area contributed by atoms with E-state index in [1.807, 2.05) is 67.3 Å². The molecule has 0 spiro atoms. The summed E-state index contributed by atoms with van der Waals surface area (Å²) >= 11 is 0. The van der Waals surface area contributed by atoms with Gasteiger partial charge in [0.1, 0.15) is 17.9 Å². The molecule has 0 unspecified atom stereocenters. The minimum Gasteiger partial charge on any atom is -0.483 e. The van der Waals surface area contributed by atoms with Crippen LogP contribution in [0, 0.1) is 20.8 Å². The van der Waals surface area contributed by atoms with Crippen molar-refractivity contribution in [1.82, 2.24) is 24.6 Å². The van der Waals surface area contributed by atoms with E-state index in [1.165, 1.54) is 12.1 Å². The van der Waals surface area contributed by atoms with Crippen LogP contribution in [0.2, 0.25) is 0 Å². The molecular formula is C28H33N5O6S. The number of carbonyl (C=O) groups excluding carboxylic acids is 1. The van der Waals surface area contributed by atoms with Crippen LogP contribution in [0.1, 0.15) is 35.1 Å². The molecule has 0 aliphatic heterocycles. The third kappa shape index (κ3) is 7.64. The van der Waals surface area contributed by atoms with E-state index in [1.54, 1.807) is 12.1 Å². The van der Waals surface area contributed by atoms with Crippen molar-refractivity contribution in [2.24, 2.45) is 0 Å². The molecule has 2 aromatic heterocycles. The number of nitrogens with zero attached hydrogens (tertiary/aromatic N) is 3. The van der Waals surface area contributed by atoms with Crippen molar-refractivity contribution in [2.75, 3.05) is 13.2 Å². The Morgan fingerprint density at radius 2 is 1.70 bits per heavy atom. The second-order valence-electron chi connectivity index (χ2n) is 8.95. The Bertz CT molecular complexity index is 1570. The molecule has 40 heavy (non-hydrogen) atoms. The van der Waals surface area contributed by atoms with Crippen LogP contribution in [-0.2, 0) is 32.6 Å². The molecule has 0 fully saturated rings. The second kappa shape index (κ2) is 13.7. The maximum Gasteiger partial charge on any atom is 0.328 e. The molecule has 11 nitrogen and oxygen atoms in total. The zero-order chi connectivity index (χ0) is 29.3. The number of ether oxygens (including phenoxy) is 1. The number of aromatic nitrogens is 3. The van der Waals surface area contributed by atoms with Gasteiger partial charge in [0.25, 0.3) is 16.5 Å². The number of benzene rings is 2. The van der Waals surface area contributed by atoms with Gasteiger partial charge in [0.15, 0.2) is 5.65 Å². The van der Waals surface area contributed by atoms with Crippen LogP contribution in [0.5, 0.6) is 0 Å². The van der Waals surface area contributed by atoms with Gasteiger partial charge in [-0.25, -0.2) is 27.9 Å². The quantitative estimate of drug-likeness (QED) is 0.258. The van der Waals surface area contributed by atoms with Crippen molar-refractivity contribution in [3.05, 3.63) is 82.8 Å². The van der Waals surface area contributed by atoms with Gasteiger partial charge in [0, 0.05) is 24.5 Å². The van der Waals surface area contributed by atoms with Crippen molar-refractivity contribution in [2.45, 2.75) is 45.6 Å². The number of amides is 2. The summed E-state index contributed by atoms with van der Waals surface area (Å²) in [5, 5.41) is 9.50. The maximum absolute atomic E-state index is 12.4. The zero-order valence-electron chi connectivity index (χ0n) is 22.8. The van der Waals surface area contributed by atoms with E-state index in [-0.39, 0.29) is 17.9 Å². The van der Waals surface area contributed by atoms with E-state index in [0.717, 1.165) is 45.1 Å². The van der Waals surface area contributed by atoms with Gasteiger partial charge in [0.05, 0.1) is 4.90 Å². The first-order valence-electron chi connectivity index (χ1n) is 12.6. The second-order valence-corrected chi connectivity index (χ2v) is 10.6. The molecule has 212 valence electrons. The summed E-state index contributed by atoms with van der Waals surface area (Å²) in [6, 6.07) is 15.4. The standard InChI is InChI=1S/C27H31N5O4S.CH2O2/c1-5-36-17-24-30-25-19(3)16-20(4)29-26(25)32(24)22-10-8-21(9-11-22)14-15-28-27(33)31-37(34,35)23-12-6-18(2)7-13-23;2-1-3/h6-13,16H,5,14-15,17H2,1-4H3,(H2,28,31,33);1H,(H,2,3). The predicted octanol–water partition coefficient (Wildman–Crippen LogP) is 3.81. The molecule has 12 heteroatoms. The number of carboxylic acid groups (broad SMARTS) is 1. The number of fused-ring (bicyclic) bond motifs is 1. The minimum absolute atomic E-state index is 0.0412. The van der Waals surface area contributed by atoms with E-state index in [4.69, 9.17) is 24.6 Å². The summed E-state index contributed by atoms with van der Waals surface area (Å²) in [7, 11) is -3.92. The van der Waals surface area contributed by atoms with Gasteiger partial charge in [-0.05, 0) is 75.6 Å². The molecule has 4 rings (SSSR count). The van der Waals surface area contributed by atoms with Crippen molar-refractivity contribution >= 4 is 33.7 Å². The molecule has 2 amide bonds. The van der Waals surface area contributed by atoms with Gasteiger partial charge in [-0.2, -0.15) is 0 Å². The number of hydrogen-bond acceptors (Lipinski definition) is 7. The Hall–Kier alpha value is -4.29. The van der Waals surface area contributed by atoms with Crippen molar-refractivity contribution in [1.29, 1.82) is 0 Å². The average molecular weight is 568 g/mol. The van der Waals surface area contributed by atoms with Gasteiger partial charge in [-0.3, -0.25) is 9.36 Å². The summed E-state index contributed by atoms with van der Waals surface area (Å²) in [4.78, 5) is 30.1. The van der Waals surface area contributed by atoms with E-state index >= 15 is 0 Å². The Morgan fingerprint density at radius 1 is 1.05 bits per heavy atom. The number of carbonyl (C=O) groups is 2. The highest BCUT2D eigenvalue weighted by Gasteiger charge is 2.18. The lowest BCUT2D eigenvalue weighted by Gasteiger charge is -2.11. The molecule has 0 atom stereocenters. The van der Waals surface area contributed by atoms with Crippen LogP contribution in [0.4, 0.5) is 4.79 Å². The number of hydrogen-bond donors (Lipinski definition) is 3. The zero-order valence-corrected chi connectivity index (χ0v) is 23.7. The highest BCUT2D eigenvalue weighted by molar-refractivity contribution is 7.90. The van der Waals surface area contributed by atoms with Crippen LogP contribution in [0.3, 0.4) is 0 Å². The summed E-state index contributed by atoms with van der Waals surface area (Å²) in [5.41, 5.74) is 6.44.